The molecule has 1 nitrogen and oxygen atoms in total. The molecule has 0 heterocycles. The SMILES string of the molecule is CNCC#Cc1ccc2c(c1)C(C)(C)c1ccccc1-2. The Bertz CT molecular complexity index is 714. The summed E-state index contributed by atoms with van der Waals surface area (Å²) in [6.45, 7) is 5.31. The molecule has 2 aromatic carbocycles. The molecule has 2 aromatic rings. The average Bonchev–Trinajstić information content (AvgIpc) is 2.69. The van der Waals surface area contributed by atoms with Gasteiger partial charge in [0.15, 0.2) is 0 Å². The molecule has 1 aliphatic rings. The van der Waals surface area contributed by atoms with E-state index in [4.69, 9.17) is 0 Å². The first kappa shape index (κ1) is 13.0. The quantitative estimate of drug-likeness (QED) is 0.774. The molecule has 0 aliphatic heterocycles. The van der Waals surface area contributed by atoms with Gasteiger partial charge in [0.05, 0.1) is 6.54 Å². The van der Waals surface area contributed by atoms with Gasteiger partial charge in [-0.1, -0.05) is 56.0 Å². The van der Waals surface area contributed by atoms with Gasteiger partial charge in [0, 0.05) is 11.0 Å². The Labute approximate surface area is 121 Å². The first-order chi connectivity index (χ1) is 9.64. The summed E-state index contributed by atoms with van der Waals surface area (Å²) in [6.07, 6.45) is 0. The van der Waals surface area contributed by atoms with Gasteiger partial charge < -0.3 is 5.32 Å². The highest BCUT2D eigenvalue weighted by Gasteiger charge is 2.34. The minimum absolute atomic E-state index is 0.0621. The van der Waals surface area contributed by atoms with E-state index in [2.05, 4.69) is 73.5 Å². The lowest BCUT2D eigenvalue weighted by Crippen LogP contribution is -2.15. The van der Waals surface area contributed by atoms with Gasteiger partial charge in [0.25, 0.3) is 0 Å². The van der Waals surface area contributed by atoms with E-state index >= 15 is 0 Å². The molecule has 0 radical (unpaired) electrons. The Kier molecular flexibility index (Phi) is 3.12. The third-order valence-corrected chi connectivity index (χ3v) is 4.08. The fraction of sp³-hybridized carbons (Fsp3) is 0.263. The van der Waals surface area contributed by atoms with Crippen molar-refractivity contribution in [2.24, 2.45) is 0 Å². The number of rotatable bonds is 1. The van der Waals surface area contributed by atoms with E-state index in [1.165, 1.54) is 22.3 Å². The smallest absolute Gasteiger partial charge is 0.0577 e. The average molecular weight is 261 g/mol. The molecule has 0 amide bonds. The molecular weight excluding hydrogens is 242 g/mol. The summed E-state index contributed by atoms with van der Waals surface area (Å²) in [7, 11) is 1.91. The van der Waals surface area contributed by atoms with Crippen LogP contribution in [0.15, 0.2) is 42.5 Å². The highest BCUT2D eigenvalue weighted by Crippen LogP contribution is 2.48. The molecule has 1 N–H and O–H groups in total. The van der Waals surface area contributed by atoms with Crippen molar-refractivity contribution in [3.8, 4) is 23.0 Å². The van der Waals surface area contributed by atoms with Crippen molar-refractivity contribution in [1.29, 1.82) is 0 Å². The zero-order valence-corrected chi connectivity index (χ0v) is 12.2. The molecule has 20 heavy (non-hydrogen) atoms. The molecule has 0 saturated carbocycles. The predicted octanol–water partition coefficient (Wildman–Crippen LogP) is 3.56. The van der Waals surface area contributed by atoms with Crippen LogP contribution in [0.25, 0.3) is 11.1 Å². The van der Waals surface area contributed by atoms with Crippen LogP contribution in [-0.2, 0) is 5.41 Å². The van der Waals surface area contributed by atoms with Crippen molar-refractivity contribution in [3.63, 3.8) is 0 Å². The van der Waals surface area contributed by atoms with Crippen LogP contribution < -0.4 is 5.32 Å². The van der Waals surface area contributed by atoms with E-state index in [1.807, 2.05) is 7.05 Å². The number of hydrogen-bond donors (Lipinski definition) is 1. The molecule has 100 valence electrons. The van der Waals surface area contributed by atoms with Crippen molar-refractivity contribution in [2.45, 2.75) is 19.3 Å². The zero-order chi connectivity index (χ0) is 14.2. The Balaban J connectivity index is 2.11. The summed E-state index contributed by atoms with van der Waals surface area (Å²) in [5.74, 6) is 6.36. The van der Waals surface area contributed by atoms with Crippen molar-refractivity contribution in [2.75, 3.05) is 13.6 Å². The number of hydrogen-bond acceptors (Lipinski definition) is 1. The minimum atomic E-state index is 0.0621. The zero-order valence-electron chi connectivity index (χ0n) is 12.2. The summed E-state index contributed by atoms with van der Waals surface area (Å²) in [4.78, 5) is 0. The molecule has 0 atom stereocenters. The van der Waals surface area contributed by atoms with E-state index in [-0.39, 0.29) is 5.41 Å². The van der Waals surface area contributed by atoms with Gasteiger partial charge >= 0.3 is 0 Å². The van der Waals surface area contributed by atoms with Crippen LogP contribution in [0.4, 0.5) is 0 Å². The molecule has 1 aliphatic carbocycles. The lowest BCUT2D eigenvalue weighted by molar-refractivity contribution is 0.660. The Morgan fingerprint density at radius 2 is 1.75 bits per heavy atom. The second kappa shape index (κ2) is 4.81. The second-order valence-electron chi connectivity index (χ2n) is 5.76. The highest BCUT2D eigenvalue weighted by atomic mass is 14.8. The van der Waals surface area contributed by atoms with E-state index in [9.17, 15) is 0 Å². The van der Waals surface area contributed by atoms with Crippen LogP contribution in [0.1, 0.15) is 30.5 Å². The maximum atomic E-state index is 3.23. The van der Waals surface area contributed by atoms with Crippen LogP contribution >= 0.6 is 0 Å². The Morgan fingerprint density at radius 1 is 1.00 bits per heavy atom. The molecule has 0 spiro atoms. The Morgan fingerprint density at radius 3 is 2.55 bits per heavy atom. The van der Waals surface area contributed by atoms with Crippen LogP contribution in [-0.4, -0.2) is 13.6 Å². The lowest BCUT2D eigenvalue weighted by atomic mass is 9.82. The molecule has 1 heteroatoms. The van der Waals surface area contributed by atoms with Crippen molar-refractivity contribution >= 4 is 0 Å². The standard InChI is InChI=1S/C19H19N/c1-19(2)17-9-5-4-8-15(17)16-11-10-14(13-18(16)19)7-6-12-20-3/h4-5,8-11,13,20H,12H2,1-3H3. The largest absolute Gasteiger partial charge is 0.309 e. The Hall–Kier alpha value is -2.04. The molecule has 0 saturated heterocycles. The van der Waals surface area contributed by atoms with E-state index in [0.717, 1.165) is 12.1 Å². The van der Waals surface area contributed by atoms with Gasteiger partial charge in [-0.25, -0.2) is 0 Å². The lowest BCUT2D eigenvalue weighted by Gasteiger charge is -2.21. The predicted molar refractivity (Wildman–Crippen MR) is 84.8 cm³/mol. The highest BCUT2D eigenvalue weighted by molar-refractivity contribution is 5.81. The molecule has 0 aromatic heterocycles. The summed E-state index contributed by atoms with van der Waals surface area (Å²) >= 11 is 0. The van der Waals surface area contributed by atoms with Crippen LogP contribution in [0.2, 0.25) is 0 Å². The molecule has 3 rings (SSSR count). The third-order valence-electron chi connectivity index (χ3n) is 4.08. The van der Waals surface area contributed by atoms with Crippen molar-refractivity contribution in [1.82, 2.24) is 5.32 Å². The van der Waals surface area contributed by atoms with Gasteiger partial charge in [-0.05, 0) is 41.4 Å². The first-order valence-corrected chi connectivity index (χ1v) is 7.02. The first-order valence-electron chi connectivity index (χ1n) is 7.02. The molecule has 0 fully saturated rings. The maximum Gasteiger partial charge on any atom is 0.0577 e. The number of fused-ring (bicyclic) bond motifs is 3. The van der Waals surface area contributed by atoms with Crippen molar-refractivity contribution in [3.05, 3.63) is 59.2 Å². The fourth-order valence-corrected chi connectivity index (χ4v) is 3.02. The van der Waals surface area contributed by atoms with Gasteiger partial charge in [-0.2, -0.15) is 0 Å². The van der Waals surface area contributed by atoms with Crippen LogP contribution in [0.5, 0.6) is 0 Å². The maximum absolute atomic E-state index is 3.23. The van der Waals surface area contributed by atoms with Crippen molar-refractivity contribution < 1.29 is 0 Å². The van der Waals surface area contributed by atoms with Gasteiger partial charge in [0.2, 0.25) is 0 Å². The topological polar surface area (TPSA) is 12.0 Å². The summed E-state index contributed by atoms with van der Waals surface area (Å²) in [5, 5.41) is 3.05. The molecular formula is C19H19N. The van der Waals surface area contributed by atoms with E-state index < -0.39 is 0 Å². The van der Waals surface area contributed by atoms with E-state index in [0.29, 0.717) is 0 Å². The van der Waals surface area contributed by atoms with Gasteiger partial charge in [0.1, 0.15) is 0 Å². The summed E-state index contributed by atoms with van der Waals surface area (Å²) in [6, 6.07) is 15.3. The molecule has 0 unspecified atom stereocenters. The fourth-order valence-electron chi connectivity index (χ4n) is 3.02. The monoisotopic (exact) mass is 261 g/mol. The van der Waals surface area contributed by atoms with Crippen LogP contribution in [0, 0.1) is 11.8 Å². The van der Waals surface area contributed by atoms with Crippen LogP contribution in [0.3, 0.4) is 0 Å². The summed E-state index contributed by atoms with van der Waals surface area (Å²) in [5.41, 5.74) is 6.67. The second-order valence-corrected chi connectivity index (χ2v) is 5.76. The third kappa shape index (κ3) is 1.94. The van der Waals surface area contributed by atoms with Gasteiger partial charge in [-0.3, -0.25) is 0 Å². The van der Waals surface area contributed by atoms with E-state index in [1.54, 1.807) is 0 Å². The summed E-state index contributed by atoms with van der Waals surface area (Å²) < 4.78 is 0. The molecule has 0 bridgehead atoms. The number of nitrogens with one attached hydrogen (secondary N) is 1. The normalized spacial score (nSPS) is 14.2. The minimum Gasteiger partial charge on any atom is -0.309 e. The van der Waals surface area contributed by atoms with Gasteiger partial charge in [-0.15, -0.1) is 0 Å². The number of benzene rings is 2.